The zero-order chi connectivity index (χ0) is 35.0. The van der Waals surface area contributed by atoms with Crippen LogP contribution in [0, 0.1) is 0 Å². The quantitative estimate of drug-likeness (QED) is 0.0535. The highest BCUT2D eigenvalue weighted by molar-refractivity contribution is 7.80. The molecule has 18 nitrogen and oxygen atoms in total. The molecule has 0 rings (SSSR count). The highest BCUT2D eigenvalue weighted by Crippen LogP contribution is 1.86. The molecule has 0 N–H and O–H groups in total. The van der Waals surface area contributed by atoms with E-state index in [4.69, 9.17) is 38.9 Å². The van der Waals surface area contributed by atoms with Crippen molar-refractivity contribution in [2.75, 3.05) is 46.8 Å². The minimum Gasteiger partial charge on any atom is -0.722 e. The van der Waals surface area contributed by atoms with Crippen LogP contribution in [0.4, 0.5) is 24.8 Å². The van der Waals surface area contributed by atoms with Gasteiger partial charge in [-0.25, -0.2) is 52.8 Å². The SMILES string of the molecule is CCC(=O)OCOC(=O)CF.CCOC(=O)CF.CCOCOC(=O)CF.O=S(=O)([O-])F.O=S(=O)([O-])F.O=S(=O)([O-])F. The van der Waals surface area contributed by atoms with Gasteiger partial charge in [0.2, 0.25) is 6.79 Å². The third-order valence-corrected chi connectivity index (χ3v) is 1.87. The van der Waals surface area contributed by atoms with Crippen molar-refractivity contribution in [1.82, 2.24) is 0 Å². The summed E-state index contributed by atoms with van der Waals surface area (Å²) in [4.78, 5) is 40.3. The van der Waals surface area contributed by atoms with Gasteiger partial charge in [-0.05, 0) is 13.8 Å². The highest BCUT2D eigenvalue weighted by Gasteiger charge is 2.02. The number of carbonyl (C=O) groups is 4. The maximum absolute atomic E-state index is 11.4. The van der Waals surface area contributed by atoms with Crippen LogP contribution in [0.5, 0.6) is 0 Å². The summed E-state index contributed by atoms with van der Waals surface area (Å²) >= 11 is 0. The van der Waals surface area contributed by atoms with Crippen molar-refractivity contribution in [2.24, 2.45) is 0 Å². The topological polar surface area (TPSA) is 286 Å². The zero-order valence-electron chi connectivity index (χ0n) is 21.5. The fourth-order valence-electron chi connectivity index (χ4n) is 0.730. The average molecular weight is 704 g/mol. The lowest BCUT2D eigenvalue weighted by Gasteiger charge is -2.01. The second kappa shape index (κ2) is 32.7. The summed E-state index contributed by atoms with van der Waals surface area (Å²) in [6, 6.07) is 0. The van der Waals surface area contributed by atoms with Crippen LogP contribution in [0.15, 0.2) is 0 Å². The standard InChI is InChI=1S/C6H9FO4.C5H9FO3.C4H7FO2.3FHO3S/c1-2-5(8)10-4-11-6(9)3-7;1-2-8-4-9-5(7)3-6;1-2-7-4(6)3-5;3*1-5(2,3)4/h2-4H2,1H3;2-4H2,1H3;2-3H2,1H3;3*(H,2,3,4)/p-3. The Balaban J connectivity index is -0.0000000955. The first-order valence-electron chi connectivity index (χ1n) is 9.67. The lowest BCUT2D eigenvalue weighted by molar-refractivity contribution is -0.167. The van der Waals surface area contributed by atoms with Crippen molar-refractivity contribution in [3.8, 4) is 0 Å². The van der Waals surface area contributed by atoms with E-state index >= 15 is 0 Å². The summed E-state index contributed by atoms with van der Waals surface area (Å²) in [6.45, 7) is 1.72. The first-order valence-corrected chi connectivity index (χ1v) is 13.6. The Labute approximate surface area is 236 Å². The van der Waals surface area contributed by atoms with Gasteiger partial charge in [0.05, 0.1) is 6.61 Å². The molecule has 0 fully saturated rings. The Hall–Kier alpha value is -2.85. The van der Waals surface area contributed by atoms with Crippen LogP contribution in [0.1, 0.15) is 27.2 Å². The van der Waals surface area contributed by atoms with Crippen LogP contribution in [-0.2, 0) is 74.4 Å². The second-order valence-electron chi connectivity index (χ2n) is 5.02. The van der Waals surface area contributed by atoms with E-state index in [2.05, 4.69) is 23.7 Å². The van der Waals surface area contributed by atoms with Crippen LogP contribution < -0.4 is 0 Å². The zero-order valence-corrected chi connectivity index (χ0v) is 23.9. The monoisotopic (exact) mass is 703 g/mol. The predicted octanol–water partition coefficient (Wildman–Crippen LogP) is -0.330. The highest BCUT2D eigenvalue weighted by atomic mass is 32.3. The van der Waals surface area contributed by atoms with Gasteiger partial charge in [0.1, 0.15) is 0 Å². The van der Waals surface area contributed by atoms with E-state index < -0.39 is 82.2 Å². The molecule has 0 aliphatic carbocycles. The molecule has 0 atom stereocenters. The molecule has 27 heteroatoms. The molecule has 0 bridgehead atoms. The summed E-state index contributed by atoms with van der Waals surface area (Å²) in [6.07, 6.45) is 0.202. The van der Waals surface area contributed by atoms with Gasteiger partial charge in [-0.1, -0.05) is 6.92 Å². The van der Waals surface area contributed by atoms with Gasteiger partial charge >= 0.3 is 23.9 Å². The summed E-state index contributed by atoms with van der Waals surface area (Å²) in [5, 5.41) is 0. The first-order chi connectivity index (χ1) is 18.8. The van der Waals surface area contributed by atoms with Crippen molar-refractivity contribution < 1.29 is 107 Å². The van der Waals surface area contributed by atoms with E-state index in [0.717, 1.165) is 0 Å². The molecule has 0 spiro atoms. The van der Waals surface area contributed by atoms with Crippen molar-refractivity contribution in [1.29, 1.82) is 0 Å². The summed E-state index contributed by atoms with van der Waals surface area (Å²) < 4.78 is 161. The molecule has 0 aromatic rings. The Kier molecular flexibility index (Phi) is 40.3. The van der Waals surface area contributed by atoms with Gasteiger partial charge < -0.3 is 37.3 Å². The fourth-order valence-corrected chi connectivity index (χ4v) is 0.730. The van der Waals surface area contributed by atoms with Crippen LogP contribution in [0.25, 0.3) is 0 Å². The first kappa shape index (κ1) is 51.9. The van der Waals surface area contributed by atoms with E-state index in [1.54, 1.807) is 20.8 Å². The summed E-state index contributed by atoms with van der Waals surface area (Å²) in [5.74, 6) is -3.20. The Morgan fingerprint density at radius 3 is 1.00 bits per heavy atom. The van der Waals surface area contributed by atoms with Crippen LogP contribution >= 0.6 is 0 Å². The van der Waals surface area contributed by atoms with Crippen molar-refractivity contribution in [3.05, 3.63) is 0 Å². The molecule has 0 aliphatic heterocycles. The fraction of sp³-hybridized carbons (Fsp3) is 0.733. The number of alkyl halides is 3. The molecular weight excluding hydrogens is 678 g/mol. The molecule has 0 saturated carbocycles. The normalized spacial score (nSPS) is 9.81. The van der Waals surface area contributed by atoms with Gasteiger partial charge in [-0.15, -0.1) is 11.7 Å². The summed E-state index contributed by atoms with van der Waals surface area (Å²) in [5.41, 5.74) is 0. The van der Waals surface area contributed by atoms with Gasteiger partial charge in [0, 0.05) is 13.0 Å². The number of carbonyl (C=O) groups excluding carboxylic acids is 4. The molecular formula is C15H25F6O18S3-3. The number of rotatable bonds is 10. The van der Waals surface area contributed by atoms with E-state index in [0.29, 0.717) is 6.61 Å². The maximum Gasteiger partial charge on any atom is 0.340 e. The lowest BCUT2D eigenvalue weighted by Crippen LogP contribution is -2.12. The van der Waals surface area contributed by atoms with Crippen molar-refractivity contribution >= 4 is 55.4 Å². The minimum atomic E-state index is -5.42. The molecule has 0 saturated heterocycles. The molecule has 0 radical (unpaired) electrons. The average Bonchev–Trinajstić information content (AvgIpc) is 2.81. The molecule has 0 amide bonds. The largest absolute Gasteiger partial charge is 0.722 e. The van der Waals surface area contributed by atoms with E-state index in [1.807, 2.05) is 0 Å². The molecule has 42 heavy (non-hydrogen) atoms. The number of ether oxygens (including phenoxy) is 5. The van der Waals surface area contributed by atoms with Crippen LogP contribution in [0.3, 0.4) is 0 Å². The number of hydrogen-bond donors (Lipinski definition) is 0. The Morgan fingerprint density at radius 2 is 0.786 bits per heavy atom. The Bertz CT molecular complexity index is 910. The van der Waals surface area contributed by atoms with Gasteiger partial charge in [0.25, 0.3) is 31.5 Å². The molecule has 256 valence electrons. The lowest BCUT2D eigenvalue weighted by atomic mass is 10.5. The van der Waals surface area contributed by atoms with Crippen molar-refractivity contribution in [3.63, 3.8) is 0 Å². The van der Waals surface area contributed by atoms with E-state index in [1.165, 1.54) is 0 Å². The number of esters is 4. The molecule has 0 aliphatic rings. The smallest absolute Gasteiger partial charge is 0.340 e. The Morgan fingerprint density at radius 1 is 0.524 bits per heavy atom. The molecule has 0 unspecified atom stereocenters. The summed E-state index contributed by atoms with van der Waals surface area (Å²) in [7, 11) is -16.2. The van der Waals surface area contributed by atoms with Gasteiger partial charge in [0.15, 0.2) is 26.8 Å². The van der Waals surface area contributed by atoms with E-state index in [9.17, 15) is 44.0 Å². The van der Waals surface area contributed by atoms with Crippen LogP contribution in [-0.4, -0.2) is 110 Å². The van der Waals surface area contributed by atoms with Gasteiger partial charge in [-0.3, -0.25) is 4.79 Å². The third kappa shape index (κ3) is 132. The molecule has 0 heterocycles. The molecule has 0 aromatic heterocycles. The van der Waals surface area contributed by atoms with Gasteiger partial charge in [-0.2, -0.15) is 0 Å². The minimum absolute atomic E-state index is 0.154. The van der Waals surface area contributed by atoms with E-state index in [-0.39, 0.29) is 19.8 Å². The van der Waals surface area contributed by atoms with Crippen molar-refractivity contribution in [2.45, 2.75) is 27.2 Å². The predicted molar refractivity (Wildman–Crippen MR) is 117 cm³/mol. The number of hydrogen-bond acceptors (Lipinski definition) is 18. The second-order valence-corrected chi connectivity index (χ2v) is 7.37. The maximum atomic E-state index is 11.4. The number of halogens is 6. The molecule has 0 aromatic carbocycles. The third-order valence-electron chi connectivity index (χ3n) is 1.87. The van der Waals surface area contributed by atoms with Crippen LogP contribution in [0.2, 0.25) is 0 Å².